The van der Waals surface area contributed by atoms with Crippen molar-refractivity contribution in [2.75, 3.05) is 20.3 Å². The number of carbonyl (C=O) groups excluding carboxylic acids is 1. The Morgan fingerprint density at radius 2 is 2.21 bits per heavy atom. The summed E-state index contributed by atoms with van der Waals surface area (Å²) >= 11 is 0. The molecule has 7 heteroatoms. The highest BCUT2D eigenvalue weighted by Crippen LogP contribution is 2.27. The lowest BCUT2D eigenvalue weighted by atomic mass is 10.1. The lowest BCUT2D eigenvalue weighted by Crippen LogP contribution is -2.36. The number of carbonyl (C=O) groups is 1. The van der Waals surface area contributed by atoms with Gasteiger partial charge in [0.1, 0.15) is 17.5 Å². The number of hydrogen-bond acceptors (Lipinski definition) is 5. The normalized spacial score (nSPS) is 15.6. The summed E-state index contributed by atoms with van der Waals surface area (Å²) in [4.78, 5) is 23.9. The van der Waals surface area contributed by atoms with E-state index in [4.69, 9.17) is 9.47 Å². The van der Waals surface area contributed by atoms with Crippen molar-refractivity contribution in [1.82, 2.24) is 15.1 Å². The molecule has 7 nitrogen and oxygen atoms in total. The number of methoxy groups -OCH3 is 1. The molecule has 0 aliphatic carbocycles. The summed E-state index contributed by atoms with van der Waals surface area (Å²) in [7, 11) is 1.54. The van der Waals surface area contributed by atoms with Crippen molar-refractivity contribution >= 4 is 5.91 Å². The lowest BCUT2D eigenvalue weighted by molar-refractivity contribution is 0.0925. The zero-order valence-electron chi connectivity index (χ0n) is 13.4. The van der Waals surface area contributed by atoms with Crippen molar-refractivity contribution in [3.8, 4) is 5.75 Å². The van der Waals surface area contributed by atoms with E-state index in [9.17, 15) is 9.59 Å². The maximum atomic E-state index is 12.2. The van der Waals surface area contributed by atoms with Crippen LogP contribution < -0.4 is 15.6 Å². The van der Waals surface area contributed by atoms with E-state index in [1.54, 1.807) is 7.11 Å². The number of hydrogen-bond donors (Lipinski definition) is 1. The van der Waals surface area contributed by atoms with Crippen LogP contribution in [0.25, 0.3) is 0 Å². The Balaban J connectivity index is 1.59. The third-order valence-electron chi connectivity index (χ3n) is 3.81. The number of para-hydroxylation sites is 1. The number of nitrogens with zero attached hydrogens (tertiary/aromatic N) is 2. The largest absolute Gasteiger partial charge is 0.488 e. The van der Waals surface area contributed by atoms with Crippen LogP contribution in [-0.4, -0.2) is 42.1 Å². The summed E-state index contributed by atoms with van der Waals surface area (Å²) in [5.74, 6) is 0.531. The molecule has 1 atom stereocenters. The van der Waals surface area contributed by atoms with Gasteiger partial charge in [-0.3, -0.25) is 9.59 Å². The minimum Gasteiger partial charge on any atom is -0.488 e. The average molecular weight is 329 g/mol. The van der Waals surface area contributed by atoms with Gasteiger partial charge in [0.2, 0.25) is 0 Å². The van der Waals surface area contributed by atoms with Crippen LogP contribution in [0.3, 0.4) is 0 Å². The quantitative estimate of drug-likeness (QED) is 0.840. The monoisotopic (exact) mass is 329 g/mol. The minimum absolute atomic E-state index is 0.0919. The first-order chi connectivity index (χ1) is 11.7. The Bertz CT molecular complexity index is 762. The van der Waals surface area contributed by atoms with Gasteiger partial charge in [-0.1, -0.05) is 18.2 Å². The van der Waals surface area contributed by atoms with Crippen molar-refractivity contribution < 1.29 is 14.3 Å². The second-order valence-corrected chi connectivity index (χ2v) is 5.53. The number of fused-ring (bicyclic) bond motifs is 1. The molecule has 1 amide bonds. The van der Waals surface area contributed by atoms with Gasteiger partial charge < -0.3 is 14.8 Å². The fraction of sp³-hybridized carbons (Fsp3) is 0.353. The maximum absolute atomic E-state index is 12.2. The van der Waals surface area contributed by atoms with E-state index in [0.29, 0.717) is 19.7 Å². The molecule has 2 heterocycles. The van der Waals surface area contributed by atoms with Crippen molar-refractivity contribution in [3.05, 3.63) is 58.0 Å². The van der Waals surface area contributed by atoms with E-state index in [0.717, 1.165) is 17.7 Å². The number of ether oxygens (including phenoxy) is 2. The van der Waals surface area contributed by atoms with E-state index in [2.05, 4.69) is 10.4 Å². The van der Waals surface area contributed by atoms with Gasteiger partial charge in [-0.05, 0) is 17.7 Å². The van der Waals surface area contributed by atoms with Gasteiger partial charge in [0, 0.05) is 19.6 Å². The number of rotatable bonds is 6. The van der Waals surface area contributed by atoms with Gasteiger partial charge in [-0.15, -0.1) is 0 Å². The number of amides is 1. The number of aromatic nitrogens is 2. The number of benzene rings is 1. The molecule has 1 aliphatic heterocycles. The zero-order valence-corrected chi connectivity index (χ0v) is 13.4. The molecule has 0 bridgehead atoms. The zero-order chi connectivity index (χ0) is 16.9. The minimum atomic E-state index is -0.333. The first-order valence-corrected chi connectivity index (χ1v) is 7.77. The van der Waals surface area contributed by atoms with Crippen molar-refractivity contribution in [1.29, 1.82) is 0 Å². The lowest BCUT2D eigenvalue weighted by Gasteiger charge is -2.12. The first kappa shape index (κ1) is 16.2. The molecule has 1 aromatic carbocycles. The molecule has 0 radical (unpaired) electrons. The van der Waals surface area contributed by atoms with Crippen LogP contribution in [0.2, 0.25) is 0 Å². The fourth-order valence-corrected chi connectivity index (χ4v) is 2.57. The van der Waals surface area contributed by atoms with Crippen molar-refractivity contribution in [2.45, 2.75) is 19.1 Å². The molecule has 0 spiro atoms. The Morgan fingerprint density at radius 3 is 3.00 bits per heavy atom. The summed E-state index contributed by atoms with van der Waals surface area (Å²) in [6.45, 7) is 1.04. The molecule has 24 heavy (non-hydrogen) atoms. The second-order valence-electron chi connectivity index (χ2n) is 5.53. The van der Waals surface area contributed by atoms with Crippen molar-refractivity contribution in [3.63, 3.8) is 0 Å². The molecule has 1 N–H and O–H groups in total. The third kappa shape index (κ3) is 3.62. The van der Waals surface area contributed by atoms with Crippen molar-refractivity contribution in [2.24, 2.45) is 0 Å². The molecule has 3 rings (SSSR count). The van der Waals surface area contributed by atoms with Crippen LogP contribution in [0.15, 0.2) is 41.2 Å². The molecule has 1 aliphatic rings. The van der Waals surface area contributed by atoms with Crippen LogP contribution >= 0.6 is 0 Å². The van der Waals surface area contributed by atoms with E-state index in [1.165, 1.54) is 16.8 Å². The highest BCUT2D eigenvalue weighted by Gasteiger charge is 2.23. The third-order valence-corrected chi connectivity index (χ3v) is 3.81. The SMILES string of the molecule is COCCn1nc(C(=O)NCC2Cc3ccccc3O2)ccc1=O. The van der Waals surface area contributed by atoms with Crippen LogP contribution in [0, 0.1) is 0 Å². The molecule has 126 valence electrons. The topological polar surface area (TPSA) is 82.5 Å². The Labute approximate surface area is 139 Å². The Morgan fingerprint density at radius 1 is 1.38 bits per heavy atom. The molecular formula is C17H19N3O4. The highest BCUT2D eigenvalue weighted by atomic mass is 16.5. The predicted octanol–water partition coefficient (Wildman–Crippen LogP) is 0.623. The van der Waals surface area contributed by atoms with Crippen LogP contribution in [0.5, 0.6) is 5.75 Å². The highest BCUT2D eigenvalue weighted by molar-refractivity contribution is 5.92. The van der Waals surface area contributed by atoms with Gasteiger partial charge in [-0.25, -0.2) is 4.68 Å². The summed E-state index contributed by atoms with van der Waals surface area (Å²) in [6.07, 6.45) is 0.669. The standard InChI is InChI=1S/C17H19N3O4/c1-23-9-8-20-16(21)7-6-14(19-20)17(22)18-11-13-10-12-4-2-3-5-15(12)24-13/h2-7,13H,8-11H2,1H3,(H,18,22). The van der Waals surface area contributed by atoms with Gasteiger partial charge >= 0.3 is 0 Å². The first-order valence-electron chi connectivity index (χ1n) is 7.77. The van der Waals surface area contributed by atoms with Gasteiger partial charge in [0.25, 0.3) is 11.5 Å². The Kier molecular flexibility index (Phi) is 4.90. The molecule has 0 saturated heterocycles. The molecule has 2 aromatic rings. The van der Waals surface area contributed by atoms with Gasteiger partial charge in [0.15, 0.2) is 0 Å². The number of nitrogens with one attached hydrogen (secondary N) is 1. The molecule has 1 unspecified atom stereocenters. The molecule has 0 saturated carbocycles. The predicted molar refractivity (Wildman–Crippen MR) is 87.3 cm³/mol. The summed E-state index contributed by atoms with van der Waals surface area (Å²) in [6, 6.07) is 10.6. The smallest absolute Gasteiger partial charge is 0.271 e. The molecule has 1 aromatic heterocycles. The fourth-order valence-electron chi connectivity index (χ4n) is 2.57. The second kappa shape index (κ2) is 7.27. The van der Waals surface area contributed by atoms with E-state index in [-0.39, 0.29) is 23.3 Å². The van der Waals surface area contributed by atoms with Gasteiger partial charge in [-0.2, -0.15) is 5.10 Å². The summed E-state index contributed by atoms with van der Waals surface area (Å²) in [5, 5.41) is 6.87. The molecular weight excluding hydrogens is 310 g/mol. The van der Waals surface area contributed by atoms with E-state index < -0.39 is 0 Å². The van der Waals surface area contributed by atoms with Gasteiger partial charge in [0.05, 0.1) is 19.7 Å². The average Bonchev–Trinajstić information content (AvgIpc) is 3.02. The van der Waals surface area contributed by atoms with Crippen LogP contribution in [0.4, 0.5) is 0 Å². The van der Waals surface area contributed by atoms with E-state index in [1.807, 2.05) is 24.3 Å². The summed E-state index contributed by atoms with van der Waals surface area (Å²) < 4.78 is 11.9. The summed E-state index contributed by atoms with van der Waals surface area (Å²) in [5.41, 5.74) is 1.07. The van der Waals surface area contributed by atoms with Crippen LogP contribution in [-0.2, 0) is 17.7 Å². The maximum Gasteiger partial charge on any atom is 0.271 e. The van der Waals surface area contributed by atoms with Crippen LogP contribution in [0.1, 0.15) is 16.1 Å². The van der Waals surface area contributed by atoms with E-state index >= 15 is 0 Å². The Hall–Kier alpha value is -2.67. The molecule has 0 fully saturated rings.